The number of rotatable bonds is 6. The summed E-state index contributed by atoms with van der Waals surface area (Å²) >= 11 is 0. The number of aromatic nitrogens is 1. The molecule has 6 nitrogen and oxygen atoms in total. The summed E-state index contributed by atoms with van der Waals surface area (Å²) in [5, 5.41) is 6.99. The Balaban J connectivity index is 2.06. The van der Waals surface area contributed by atoms with Crippen molar-refractivity contribution in [3.05, 3.63) is 17.5 Å². The molecule has 1 aromatic heterocycles. The van der Waals surface area contributed by atoms with Gasteiger partial charge in [-0.1, -0.05) is 12.1 Å². The van der Waals surface area contributed by atoms with Gasteiger partial charge in [-0.15, -0.1) is 0 Å². The van der Waals surface area contributed by atoms with Crippen LogP contribution >= 0.6 is 0 Å². The van der Waals surface area contributed by atoms with Gasteiger partial charge in [-0.25, -0.2) is 0 Å². The maximum Gasteiger partial charge on any atom is 0.276 e. The molecule has 0 radical (unpaired) electrons. The zero-order chi connectivity index (χ0) is 13.0. The molecular weight excluding hydrogens is 234 g/mol. The number of amides is 1. The fourth-order valence-corrected chi connectivity index (χ4v) is 1.96. The highest BCUT2D eigenvalue weighted by molar-refractivity contribution is 5.92. The number of hydrogen-bond acceptors (Lipinski definition) is 5. The molecule has 1 saturated heterocycles. The molecule has 1 amide bonds. The Morgan fingerprint density at radius 3 is 3.00 bits per heavy atom. The molecule has 0 saturated carbocycles. The van der Waals surface area contributed by atoms with E-state index < -0.39 is 0 Å². The fourth-order valence-electron chi connectivity index (χ4n) is 1.96. The van der Waals surface area contributed by atoms with E-state index in [4.69, 9.17) is 9.26 Å². The molecule has 2 rings (SSSR count). The number of hydrogen-bond donors (Lipinski definition) is 1. The number of carbonyl (C=O) groups excluding carboxylic acids is 1. The molecule has 1 aromatic rings. The van der Waals surface area contributed by atoms with Gasteiger partial charge in [-0.3, -0.25) is 4.79 Å². The first-order valence-electron chi connectivity index (χ1n) is 6.22. The topological polar surface area (TPSA) is 67.6 Å². The molecule has 1 N–H and O–H groups in total. The van der Waals surface area contributed by atoms with Crippen LogP contribution in [0.15, 0.2) is 10.6 Å². The van der Waals surface area contributed by atoms with E-state index >= 15 is 0 Å². The zero-order valence-electron chi connectivity index (χ0n) is 10.8. The van der Waals surface area contributed by atoms with Gasteiger partial charge in [0.2, 0.25) is 0 Å². The number of ether oxygens (including phenoxy) is 1. The Morgan fingerprint density at radius 2 is 2.44 bits per heavy atom. The van der Waals surface area contributed by atoms with Crippen molar-refractivity contribution in [1.82, 2.24) is 15.4 Å². The minimum absolute atomic E-state index is 0.0607. The Bertz CT molecular complexity index is 401. The minimum Gasteiger partial charge on any atom is -0.377 e. The van der Waals surface area contributed by atoms with E-state index in [1.165, 1.54) is 0 Å². The Morgan fingerprint density at radius 1 is 1.67 bits per heavy atom. The fraction of sp³-hybridized carbons (Fsp3) is 0.667. The minimum atomic E-state index is -0.0607. The summed E-state index contributed by atoms with van der Waals surface area (Å²) in [6.07, 6.45) is 0.936. The molecule has 0 unspecified atom stereocenters. The highest BCUT2D eigenvalue weighted by atomic mass is 16.5. The molecule has 100 valence electrons. The van der Waals surface area contributed by atoms with E-state index in [-0.39, 0.29) is 11.9 Å². The highest BCUT2D eigenvalue weighted by Crippen LogP contribution is 2.13. The number of carbonyl (C=O) groups is 1. The maximum absolute atomic E-state index is 12.3. The molecule has 1 aliphatic heterocycles. The van der Waals surface area contributed by atoms with E-state index in [1.54, 1.807) is 13.2 Å². The summed E-state index contributed by atoms with van der Waals surface area (Å²) in [5.74, 6) is 0.512. The van der Waals surface area contributed by atoms with Crippen LogP contribution < -0.4 is 5.32 Å². The number of nitrogens with one attached hydrogen (secondary N) is 1. The standard InChI is InChI=1S/C12H19N3O3/c1-3-4-15(9-6-13-7-9)12(16)11-5-10(8-17-2)18-14-11/h5,9,13H,3-4,6-8H2,1-2H3. The van der Waals surface area contributed by atoms with Crippen molar-refractivity contribution in [2.45, 2.75) is 26.0 Å². The van der Waals surface area contributed by atoms with Crippen molar-refractivity contribution in [3.63, 3.8) is 0 Å². The van der Waals surface area contributed by atoms with Crippen LogP contribution in [0.25, 0.3) is 0 Å². The van der Waals surface area contributed by atoms with Crippen molar-refractivity contribution in [2.24, 2.45) is 0 Å². The Labute approximate surface area is 106 Å². The smallest absolute Gasteiger partial charge is 0.276 e. The second kappa shape index (κ2) is 5.97. The average Bonchev–Trinajstić information content (AvgIpc) is 2.74. The zero-order valence-corrected chi connectivity index (χ0v) is 10.8. The summed E-state index contributed by atoms with van der Waals surface area (Å²) in [6, 6.07) is 1.93. The third kappa shape index (κ3) is 2.70. The van der Waals surface area contributed by atoms with Crippen molar-refractivity contribution >= 4 is 5.91 Å². The van der Waals surface area contributed by atoms with Gasteiger partial charge in [0.05, 0.1) is 6.04 Å². The van der Waals surface area contributed by atoms with Gasteiger partial charge in [0.15, 0.2) is 11.5 Å². The van der Waals surface area contributed by atoms with Crippen LogP contribution in [0.3, 0.4) is 0 Å². The summed E-state index contributed by atoms with van der Waals surface area (Å²) in [5.41, 5.74) is 0.363. The van der Waals surface area contributed by atoms with Crippen LogP contribution in [0.5, 0.6) is 0 Å². The lowest BCUT2D eigenvalue weighted by Crippen LogP contribution is -2.59. The molecule has 0 atom stereocenters. The summed E-state index contributed by atoms with van der Waals surface area (Å²) in [4.78, 5) is 14.2. The quantitative estimate of drug-likeness (QED) is 0.806. The van der Waals surface area contributed by atoms with Crippen molar-refractivity contribution < 1.29 is 14.1 Å². The monoisotopic (exact) mass is 253 g/mol. The summed E-state index contributed by atoms with van der Waals surface area (Å²) in [7, 11) is 1.58. The third-order valence-electron chi connectivity index (χ3n) is 2.99. The molecule has 0 aromatic carbocycles. The predicted octanol–water partition coefficient (Wildman–Crippen LogP) is 0.645. The van der Waals surface area contributed by atoms with E-state index in [1.807, 2.05) is 4.90 Å². The van der Waals surface area contributed by atoms with Gasteiger partial charge in [-0.2, -0.15) is 0 Å². The molecule has 0 bridgehead atoms. The second-order valence-electron chi connectivity index (χ2n) is 4.42. The van der Waals surface area contributed by atoms with Crippen LogP contribution in [0, 0.1) is 0 Å². The van der Waals surface area contributed by atoms with E-state index in [9.17, 15) is 4.79 Å². The summed E-state index contributed by atoms with van der Waals surface area (Å²) < 4.78 is 9.99. The molecule has 1 fully saturated rings. The Kier molecular flexibility index (Phi) is 4.33. The first-order valence-corrected chi connectivity index (χ1v) is 6.22. The summed E-state index contributed by atoms with van der Waals surface area (Å²) in [6.45, 7) is 4.85. The molecule has 0 aliphatic carbocycles. The van der Waals surface area contributed by atoms with Crippen LogP contribution in [0.1, 0.15) is 29.6 Å². The molecular formula is C12H19N3O3. The number of nitrogens with zero attached hydrogens (tertiary/aromatic N) is 2. The van der Waals surface area contributed by atoms with Crippen LogP contribution in [0.2, 0.25) is 0 Å². The predicted molar refractivity (Wildman–Crippen MR) is 65.2 cm³/mol. The normalized spacial score (nSPS) is 15.4. The molecule has 1 aliphatic rings. The largest absolute Gasteiger partial charge is 0.377 e. The SMILES string of the molecule is CCCN(C(=O)c1cc(COC)on1)C1CNC1. The van der Waals surface area contributed by atoms with Gasteiger partial charge in [0.1, 0.15) is 6.61 Å². The average molecular weight is 253 g/mol. The molecule has 0 spiro atoms. The van der Waals surface area contributed by atoms with E-state index in [0.29, 0.717) is 18.1 Å². The lowest BCUT2D eigenvalue weighted by Gasteiger charge is -2.37. The van der Waals surface area contributed by atoms with Crippen LogP contribution in [0.4, 0.5) is 0 Å². The van der Waals surface area contributed by atoms with Crippen molar-refractivity contribution in [3.8, 4) is 0 Å². The molecule has 6 heteroatoms. The first kappa shape index (κ1) is 13.0. The van der Waals surface area contributed by atoms with E-state index in [0.717, 1.165) is 26.1 Å². The maximum atomic E-state index is 12.3. The molecule has 2 heterocycles. The first-order chi connectivity index (χ1) is 8.76. The lowest BCUT2D eigenvalue weighted by molar-refractivity contribution is 0.0605. The van der Waals surface area contributed by atoms with Crippen molar-refractivity contribution in [1.29, 1.82) is 0 Å². The van der Waals surface area contributed by atoms with E-state index in [2.05, 4.69) is 17.4 Å². The van der Waals surface area contributed by atoms with Gasteiger partial charge in [0.25, 0.3) is 5.91 Å². The second-order valence-corrected chi connectivity index (χ2v) is 4.42. The lowest BCUT2D eigenvalue weighted by atomic mass is 10.1. The van der Waals surface area contributed by atoms with Crippen molar-refractivity contribution in [2.75, 3.05) is 26.7 Å². The van der Waals surface area contributed by atoms with Gasteiger partial charge < -0.3 is 19.5 Å². The third-order valence-corrected chi connectivity index (χ3v) is 2.99. The van der Waals surface area contributed by atoms with Gasteiger partial charge in [0, 0.05) is 32.8 Å². The van der Waals surface area contributed by atoms with Gasteiger partial charge >= 0.3 is 0 Å². The van der Waals surface area contributed by atoms with Crippen LogP contribution in [-0.2, 0) is 11.3 Å². The highest BCUT2D eigenvalue weighted by Gasteiger charge is 2.30. The Hall–Kier alpha value is -1.40. The van der Waals surface area contributed by atoms with Crippen LogP contribution in [-0.4, -0.2) is 48.7 Å². The molecule has 18 heavy (non-hydrogen) atoms. The van der Waals surface area contributed by atoms with Gasteiger partial charge in [-0.05, 0) is 6.42 Å². The number of methoxy groups -OCH3 is 1.